The fourth-order valence-corrected chi connectivity index (χ4v) is 1.52. The number of benzene rings is 1. The van der Waals surface area contributed by atoms with Gasteiger partial charge >= 0.3 is 0 Å². The van der Waals surface area contributed by atoms with Gasteiger partial charge in [0.25, 0.3) is 0 Å². The molecule has 108 valence electrons. The van der Waals surface area contributed by atoms with Gasteiger partial charge in [0, 0.05) is 25.5 Å². The Morgan fingerprint density at radius 1 is 1.20 bits per heavy atom. The van der Waals surface area contributed by atoms with Crippen molar-refractivity contribution >= 4 is 18.0 Å². The molecule has 6 heteroatoms. The zero-order valence-corrected chi connectivity index (χ0v) is 11.4. The fourth-order valence-electron chi connectivity index (χ4n) is 1.52. The second kappa shape index (κ2) is 8.68. The maximum absolute atomic E-state index is 11.4. The molecule has 1 aromatic carbocycles. The van der Waals surface area contributed by atoms with Gasteiger partial charge in [-0.25, -0.2) is 5.43 Å². The SMILES string of the molecule is CNC(=O)CCCCC(=O)NN=Cc1ccccc1O. The fraction of sp³-hybridized carbons (Fsp3) is 0.357. The lowest BCUT2D eigenvalue weighted by atomic mass is 10.2. The van der Waals surface area contributed by atoms with Crippen LogP contribution in [0.5, 0.6) is 5.75 Å². The van der Waals surface area contributed by atoms with Crippen molar-refractivity contribution in [2.24, 2.45) is 5.10 Å². The second-order valence-corrected chi connectivity index (χ2v) is 4.23. The van der Waals surface area contributed by atoms with Crippen LogP contribution in [-0.2, 0) is 9.59 Å². The average Bonchev–Trinajstić information content (AvgIpc) is 2.45. The van der Waals surface area contributed by atoms with Crippen LogP contribution in [0.15, 0.2) is 29.4 Å². The van der Waals surface area contributed by atoms with E-state index in [1.54, 1.807) is 31.3 Å². The summed E-state index contributed by atoms with van der Waals surface area (Å²) in [4.78, 5) is 22.4. The number of amides is 2. The monoisotopic (exact) mass is 277 g/mol. The highest BCUT2D eigenvalue weighted by Crippen LogP contribution is 2.12. The molecule has 0 unspecified atom stereocenters. The van der Waals surface area contributed by atoms with E-state index in [-0.39, 0.29) is 17.6 Å². The van der Waals surface area contributed by atoms with Crippen molar-refractivity contribution < 1.29 is 14.7 Å². The Bertz CT molecular complexity index is 486. The Morgan fingerprint density at radius 2 is 1.85 bits per heavy atom. The number of unbranched alkanes of at least 4 members (excludes halogenated alkanes) is 1. The van der Waals surface area contributed by atoms with Crippen molar-refractivity contribution in [2.75, 3.05) is 7.05 Å². The lowest BCUT2D eigenvalue weighted by Crippen LogP contribution is -2.19. The van der Waals surface area contributed by atoms with Gasteiger partial charge in [-0.05, 0) is 25.0 Å². The van der Waals surface area contributed by atoms with Crippen LogP contribution in [0.3, 0.4) is 0 Å². The van der Waals surface area contributed by atoms with Gasteiger partial charge in [0.15, 0.2) is 0 Å². The summed E-state index contributed by atoms with van der Waals surface area (Å²) in [5.41, 5.74) is 2.91. The molecule has 0 aliphatic heterocycles. The number of aromatic hydroxyl groups is 1. The van der Waals surface area contributed by atoms with Crippen molar-refractivity contribution in [3.8, 4) is 5.75 Å². The minimum atomic E-state index is -0.214. The van der Waals surface area contributed by atoms with Crippen LogP contribution in [0, 0.1) is 0 Å². The second-order valence-electron chi connectivity index (χ2n) is 4.23. The molecule has 0 fully saturated rings. The highest BCUT2D eigenvalue weighted by Gasteiger charge is 2.02. The average molecular weight is 277 g/mol. The van der Waals surface area contributed by atoms with Gasteiger partial charge in [0.1, 0.15) is 5.75 Å². The first-order valence-electron chi connectivity index (χ1n) is 6.44. The van der Waals surface area contributed by atoms with Crippen molar-refractivity contribution in [1.82, 2.24) is 10.7 Å². The smallest absolute Gasteiger partial charge is 0.240 e. The summed E-state index contributed by atoms with van der Waals surface area (Å²) in [5.74, 6) is -0.132. The molecule has 0 bridgehead atoms. The van der Waals surface area contributed by atoms with E-state index in [0.717, 1.165) is 0 Å². The topological polar surface area (TPSA) is 90.8 Å². The van der Waals surface area contributed by atoms with Crippen molar-refractivity contribution in [3.05, 3.63) is 29.8 Å². The van der Waals surface area contributed by atoms with Crippen molar-refractivity contribution in [2.45, 2.75) is 25.7 Å². The normalized spacial score (nSPS) is 10.4. The van der Waals surface area contributed by atoms with E-state index < -0.39 is 0 Å². The number of rotatable bonds is 7. The minimum Gasteiger partial charge on any atom is -0.507 e. The third-order valence-electron chi connectivity index (χ3n) is 2.67. The van der Waals surface area contributed by atoms with Crippen LogP contribution >= 0.6 is 0 Å². The lowest BCUT2D eigenvalue weighted by Gasteiger charge is -2.01. The Morgan fingerprint density at radius 3 is 2.50 bits per heavy atom. The molecule has 0 aliphatic carbocycles. The predicted molar refractivity (Wildman–Crippen MR) is 76.4 cm³/mol. The number of hydrogen-bond donors (Lipinski definition) is 3. The summed E-state index contributed by atoms with van der Waals surface area (Å²) in [6, 6.07) is 6.70. The molecule has 0 saturated carbocycles. The molecular weight excluding hydrogens is 258 g/mol. The quantitative estimate of drug-likeness (QED) is 0.396. The molecule has 1 rings (SSSR count). The predicted octanol–water partition coefficient (Wildman–Crippen LogP) is 1.15. The number of hydrogen-bond acceptors (Lipinski definition) is 4. The molecular formula is C14H19N3O3. The van der Waals surface area contributed by atoms with Crippen molar-refractivity contribution in [1.29, 1.82) is 0 Å². The summed E-state index contributed by atoms with van der Waals surface area (Å²) < 4.78 is 0. The lowest BCUT2D eigenvalue weighted by molar-refractivity contribution is -0.122. The number of hydrazone groups is 1. The zero-order valence-electron chi connectivity index (χ0n) is 11.4. The third-order valence-corrected chi connectivity index (χ3v) is 2.67. The minimum absolute atomic E-state index is 0.0250. The Kier molecular flexibility index (Phi) is 6.81. The van der Waals surface area contributed by atoms with E-state index in [9.17, 15) is 14.7 Å². The maximum Gasteiger partial charge on any atom is 0.240 e. The standard InChI is InChI=1S/C14H19N3O3/c1-15-13(19)8-4-5-9-14(20)17-16-10-11-6-2-3-7-12(11)18/h2-3,6-7,10,18H,4-5,8-9H2,1H3,(H,15,19)(H,17,20). The molecule has 0 atom stereocenters. The molecule has 3 N–H and O–H groups in total. The van der Waals surface area contributed by atoms with Gasteiger partial charge in [0.2, 0.25) is 11.8 Å². The number of phenolic OH excluding ortho intramolecular Hbond substituents is 1. The van der Waals surface area contributed by atoms with E-state index in [1.807, 2.05) is 0 Å². The highest BCUT2D eigenvalue weighted by molar-refractivity contribution is 5.85. The largest absolute Gasteiger partial charge is 0.507 e. The molecule has 1 aromatic rings. The van der Waals surface area contributed by atoms with Gasteiger partial charge in [-0.3, -0.25) is 9.59 Å². The van der Waals surface area contributed by atoms with Crippen LogP contribution in [0.2, 0.25) is 0 Å². The molecule has 0 aliphatic rings. The first kappa shape index (κ1) is 15.7. The van der Waals surface area contributed by atoms with Gasteiger partial charge in [-0.1, -0.05) is 12.1 Å². The molecule has 0 radical (unpaired) electrons. The Balaban J connectivity index is 2.23. The summed E-state index contributed by atoms with van der Waals surface area (Å²) in [5, 5.41) is 15.8. The number of carbonyl (C=O) groups excluding carboxylic acids is 2. The Labute approximate surface area is 117 Å². The van der Waals surface area contributed by atoms with E-state index in [1.165, 1.54) is 6.21 Å². The molecule has 0 spiro atoms. The molecule has 6 nitrogen and oxygen atoms in total. The molecule has 0 aromatic heterocycles. The summed E-state index contributed by atoms with van der Waals surface area (Å²) in [7, 11) is 1.59. The number of carbonyl (C=O) groups is 2. The summed E-state index contributed by atoms with van der Waals surface area (Å²) in [6.07, 6.45) is 3.42. The van der Waals surface area contributed by atoms with E-state index >= 15 is 0 Å². The Hall–Kier alpha value is -2.37. The van der Waals surface area contributed by atoms with Crippen LogP contribution in [0.25, 0.3) is 0 Å². The van der Waals surface area contributed by atoms with Crippen LogP contribution in [-0.4, -0.2) is 30.2 Å². The van der Waals surface area contributed by atoms with E-state index in [2.05, 4.69) is 15.8 Å². The summed E-state index contributed by atoms with van der Waals surface area (Å²) in [6.45, 7) is 0. The first-order valence-corrected chi connectivity index (χ1v) is 6.44. The first-order chi connectivity index (χ1) is 9.63. The third kappa shape index (κ3) is 5.99. The molecule has 0 saturated heterocycles. The van der Waals surface area contributed by atoms with Crippen LogP contribution in [0.4, 0.5) is 0 Å². The van der Waals surface area contributed by atoms with Crippen LogP contribution < -0.4 is 10.7 Å². The van der Waals surface area contributed by atoms with E-state index in [0.29, 0.717) is 31.2 Å². The number of phenols is 1. The van der Waals surface area contributed by atoms with Gasteiger partial charge < -0.3 is 10.4 Å². The molecule has 2 amide bonds. The van der Waals surface area contributed by atoms with Crippen LogP contribution in [0.1, 0.15) is 31.2 Å². The number of nitrogens with zero attached hydrogens (tertiary/aromatic N) is 1. The van der Waals surface area contributed by atoms with E-state index in [4.69, 9.17) is 0 Å². The number of nitrogens with one attached hydrogen (secondary N) is 2. The van der Waals surface area contributed by atoms with Gasteiger partial charge in [-0.15, -0.1) is 0 Å². The highest BCUT2D eigenvalue weighted by atomic mass is 16.3. The molecule has 0 heterocycles. The summed E-state index contributed by atoms with van der Waals surface area (Å²) >= 11 is 0. The van der Waals surface area contributed by atoms with Gasteiger partial charge in [0.05, 0.1) is 6.21 Å². The zero-order chi connectivity index (χ0) is 14.8. The number of para-hydroxylation sites is 1. The maximum atomic E-state index is 11.4. The molecule has 20 heavy (non-hydrogen) atoms. The van der Waals surface area contributed by atoms with Crippen molar-refractivity contribution in [3.63, 3.8) is 0 Å². The van der Waals surface area contributed by atoms with Gasteiger partial charge in [-0.2, -0.15) is 5.10 Å².